The molecular formula is C19H15FN2O4S. The van der Waals surface area contributed by atoms with Crippen LogP contribution in [-0.2, 0) is 0 Å². The monoisotopic (exact) mass is 386 g/mol. The van der Waals surface area contributed by atoms with Gasteiger partial charge in [-0.1, -0.05) is 23.9 Å². The van der Waals surface area contributed by atoms with E-state index >= 15 is 0 Å². The van der Waals surface area contributed by atoms with Gasteiger partial charge < -0.3 is 13.9 Å². The molecule has 2 aromatic carbocycles. The van der Waals surface area contributed by atoms with Crippen LogP contribution < -0.4 is 9.47 Å². The Hall–Kier alpha value is -2.87. The summed E-state index contributed by atoms with van der Waals surface area (Å²) in [7, 11) is 0. The highest BCUT2D eigenvalue weighted by Gasteiger charge is 2.28. The Kier molecular flexibility index (Phi) is 4.81. The molecule has 0 saturated carbocycles. The lowest BCUT2D eigenvalue weighted by atomic mass is 10.1. The van der Waals surface area contributed by atoms with E-state index in [-0.39, 0.29) is 29.3 Å². The molecule has 2 heterocycles. The number of halogens is 1. The van der Waals surface area contributed by atoms with Gasteiger partial charge in [-0.3, -0.25) is 4.79 Å². The zero-order valence-corrected chi connectivity index (χ0v) is 15.1. The average molecular weight is 386 g/mol. The highest BCUT2D eigenvalue weighted by atomic mass is 32.2. The third-order valence-electron chi connectivity index (χ3n) is 3.98. The van der Waals surface area contributed by atoms with Gasteiger partial charge in [-0.2, -0.15) is 0 Å². The molecular weight excluding hydrogens is 371 g/mol. The standard InChI is InChI=1S/C19H15FN2O4S/c1-11(17(23)12-6-8-13(20)9-7-12)27-19-22-21-18(26-19)16-10-24-14-4-2-3-5-15(14)25-16/h2-9,11,16H,10H2,1H3. The normalized spacial score (nSPS) is 16.7. The van der Waals surface area contributed by atoms with Crippen molar-refractivity contribution >= 4 is 17.5 Å². The van der Waals surface area contributed by atoms with Crippen LogP contribution in [0, 0.1) is 5.82 Å². The third-order valence-corrected chi connectivity index (χ3v) is 4.92. The third kappa shape index (κ3) is 3.80. The zero-order chi connectivity index (χ0) is 18.8. The smallest absolute Gasteiger partial charge is 0.277 e. The van der Waals surface area contributed by atoms with Crippen LogP contribution >= 0.6 is 11.8 Å². The minimum Gasteiger partial charge on any atom is -0.485 e. The molecule has 3 aromatic rings. The van der Waals surface area contributed by atoms with E-state index in [4.69, 9.17) is 13.9 Å². The molecule has 0 amide bonds. The second kappa shape index (κ2) is 7.40. The van der Waals surface area contributed by atoms with E-state index < -0.39 is 11.4 Å². The van der Waals surface area contributed by atoms with Gasteiger partial charge in [-0.15, -0.1) is 10.2 Å². The summed E-state index contributed by atoms with van der Waals surface area (Å²) in [6.45, 7) is 1.99. The lowest BCUT2D eigenvalue weighted by molar-refractivity contribution is 0.0686. The molecule has 0 bridgehead atoms. The lowest BCUT2D eigenvalue weighted by Gasteiger charge is -2.23. The van der Waals surface area contributed by atoms with Gasteiger partial charge in [0.05, 0.1) is 5.25 Å². The van der Waals surface area contributed by atoms with Crippen LogP contribution in [0.2, 0.25) is 0 Å². The number of hydrogen-bond acceptors (Lipinski definition) is 7. The van der Waals surface area contributed by atoms with Gasteiger partial charge in [-0.05, 0) is 43.3 Å². The quantitative estimate of drug-likeness (QED) is 0.483. The van der Waals surface area contributed by atoms with Crippen molar-refractivity contribution in [2.24, 2.45) is 0 Å². The number of ether oxygens (including phenoxy) is 2. The molecule has 1 aliphatic heterocycles. The first kappa shape index (κ1) is 17.5. The minimum atomic E-state index is -0.509. The maximum absolute atomic E-state index is 13.0. The molecule has 1 aromatic heterocycles. The molecule has 2 unspecified atom stereocenters. The van der Waals surface area contributed by atoms with E-state index in [1.165, 1.54) is 24.3 Å². The molecule has 0 spiro atoms. The summed E-state index contributed by atoms with van der Waals surface area (Å²) in [5, 5.41) is 7.78. The summed E-state index contributed by atoms with van der Waals surface area (Å²) in [5.74, 6) is 1.03. The number of carbonyl (C=O) groups excluding carboxylic acids is 1. The first-order chi connectivity index (χ1) is 13.1. The number of hydrogen-bond donors (Lipinski definition) is 0. The lowest BCUT2D eigenvalue weighted by Crippen LogP contribution is -2.21. The molecule has 0 aliphatic carbocycles. The Morgan fingerprint density at radius 1 is 1.15 bits per heavy atom. The number of Topliss-reactive ketones (excluding diaryl/α,β-unsaturated/α-hetero) is 1. The molecule has 4 rings (SSSR count). The van der Waals surface area contributed by atoms with Crippen molar-refractivity contribution < 1.29 is 23.1 Å². The van der Waals surface area contributed by atoms with E-state index in [2.05, 4.69) is 10.2 Å². The van der Waals surface area contributed by atoms with Gasteiger partial charge in [0.2, 0.25) is 6.10 Å². The Balaban J connectivity index is 1.42. The number of aromatic nitrogens is 2. The molecule has 1 aliphatic rings. The first-order valence-electron chi connectivity index (χ1n) is 8.28. The number of para-hydroxylation sites is 2. The van der Waals surface area contributed by atoms with Crippen molar-refractivity contribution in [2.75, 3.05) is 6.61 Å². The number of nitrogens with zero attached hydrogens (tertiary/aromatic N) is 2. The van der Waals surface area contributed by atoms with Gasteiger partial charge in [0.15, 0.2) is 17.3 Å². The van der Waals surface area contributed by atoms with E-state index in [0.29, 0.717) is 17.1 Å². The van der Waals surface area contributed by atoms with Crippen molar-refractivity contribution in [3.05, 3.63) is 65.8 Å². The Morgan fingerprint density at radius 2 is 1.89 bits per heavy atom. The van der Waals surface area contributed by atoms with Crippen LogP contribution in [-0.4, -0.2) is 27.8 Å². The molecule has 0 saturated heterocycles. The summed E-state index contributed by atoms with van der Waals surface area (Å²) in [4.78, 5) is 12.4. The Morgan fingerprint density at radius 3 is 2.67 bits per heavy atom. The summed E-state index contributed by atoms with van der Waals surface area (Å²) in [6.07, 6.45) is -0.509. The fourth-order valence-corrected chi connectivity index (χ4v) is 3.36. The van der Waals surface area contributed by atoms with Crippen LogP contribution in [0.15, 0.2) is 58.2 Å². The molecule has 138 valence electrons. The number of carbonyl (C=O) groups is 1. The molecule has 6 nitrogen and oxygen atoms in total. The highest BCUT2D eigenvalue weighted by Crippen LogP contribution is 2.36. The van der Waals surface area contributed by atoms with Crippen LogP contribution in [0.5, 0.6) is 11.5 Å². The summed E-state index contributed by atoms with van der Waals surface area (Å²) >= 11 is 1.14. The van der Waals surface area contributed by atoms with Crippen molar-refractivity contribution in [3.8, 4) is 11.5 Å². The Bertz CT molecular complexity index is 960. The van der Waals surface area contributed by atoms with E-state index in [0.717, 1.165) is 11.8 Å². The zero-order valence-electron chi connectivity index (χ0n) is 14.3. The molecule has 2 atom stereocenters. The fourth-order valence-electron chi connectivity index (χ4n) is 2.59. The van der Waals surface area contributed by atoms with Crippen molar-refractivity contribution in [1.29, 1.82) is 0 Å². The van der Waals surface area contributed by atoms with Crippen LogP contribution in [0.3, 0.4) is 0 Å². The minimum absolute atomic E-state index is 0.147. The van der Waals surface area contributed by atoms with Gasteiger partial charge in [0.25, 0.3) is 11.1 Å². The second-order valence-corrected chi connectivity index (χ2v) is 7.19. The predicted molar refractivity (Wildman–Crippen MR) is 95.7 cm³/mol. The number of benzene rings is 2. The maximum Gasteiger partial charge on any atom is 0.277 e. The van der Waals surface area contributed by atoms with Gasteiger partial charge in [0, 0.05) is 5.56 Å². The number of ketones is 1. The maximum atomic E-state index is 13.0. The van der Waals surface area contributed by atoms with E-state index in [1.54, 1.807) is 13.0 Å². The second-order valence-electron chi connectivity index (χ2n) is 5.90. The fraction of sp³-hybridized carbons (Fsp3) is 0.211. The summed E-state index contributed by atoms with van der Waals surface area (Å²) in [5.41, 5.74) is 0.428. The van der Waals surface area contributed by atoms with Gasteiger partial charge >= 0.3 is 0 Å². The predicted octanol–water partition coefficient (Wildman–Crippen LogP) is 4.08. The molecule has 8 heteroatoms. The van der Waals surface area contributed by atoms with Crippen LogP contribution in [0.4, 0.5) is 4.39 Å². The molecule has 27 heavy (non-hydrogen) atoms. The first-order valence-corrected chi connectivity index (χ1v) is 9.16. The van der Waals surface area contributed by atoms with Gasteiger partial charge in [-0.25, -0.2) is 4.39 Å². The summed E-state index contributed by atoms with van der Waals surface area (Å²) in [6, 6.07) is 12.8. The van der Waals surface area contributed by atoms with Crippen LogP contribution in [0.25, 0.3) is 0 Å². The van der Waals surface area contributed by atoms with E-state index in [1.807, 2.05) is 18.2 Å². The van der Waals surface area contributed by atoms with Crippen LogP contribution in [0.1, 0.15) is 29.3 Å². The number of rotatable bonds is 5. The number of fused-ring (bicyclic) bond motifs is 1. The van der Waals surface area contributed by atoms with Gasteiger partial charge in [0.1, 0.15) is 12.4 Å². The number of thioether (sulfide) groups is 1. The molecule has 0 fully saturated rings. The molecule has 0 radical (unpaired) electrons. The van der Waals surface area contributed by atoms with E-state index in [9.17, 15) is 9.18 Å². The highest BCUT2D eigenvalue weighted by molar-refractivity contribution is 8.00. The summed E-state index contributed by atoms with van der Waals surface area (Å²) < 4.78 is 30.1. The molecule has 0 N–H and O–H groups in total. The average Bonchev–Trinajstić information content (AvgIpc) is 3.16. The SMILES string of the molecule is CC(Sc1nnc(C2COc3ccccc3O2)o1)C(=O)c1ccc(F)cc1. The largest absolute Gasteiger partial charge is 0.485 e. The van der Waals surface area contributed by atoms with Crippen molar-refractivity contribution in [2.45, 2.75) is 23.5 Å². The van der Waals surface area contributed by atoms with Crippen molar-refractivity contribution in [3.63, 3.8) is 0 Å². The van der Waals surface area contributed by atoms with Crippen molar-refractivity contribution in [1.82, 2.24) is 10.2 Å². The topological polar surface area (TPSA) is 74.5 Å². The Labute approximate surface area is 158 Å².